The van der Waals surface area contributed by atoms with E-state index < -0.39 is 11.6 Å². The van der Waals surface area contributed by atoms with Crippen LogP contribution >= 0.6 is 0 Å². The van der Waals surface area contributed by atoms with Gasteiger partial charge >= 0.3 is 5.97 Å². The minimum Gasteiger partial charge on any atom is -0.498 e. The average molecular weight is 260 g/mol. The van der Waals surface area contributed by atoms with Crippen molar-refractivity contribution in [1.29, 1.82) is 0 Å². The fourth-order valence-corrected chi connectivity index (χ4v) is 2.27. The van der Waals surface area contributed by atoms with Crippen molar-refractivity contribution >= 4 is 11.8 Å². The Labute approximate surface area is 112 Å². The summed E-state index contributed by atoms with van der Waals surface area (Å²) < 4.78 is 10.7. The summed E-state index contributed by atoms with van der Waals surface area (Å²) in [5.74, 6) is -0.182. The van der Waals surface area contributed by atoms with E-state index in [9.17, 15) is 9.59 Å². The van der Waals surface area contributed by atoms with Crippen molar-refractivity contribution < 1.29 is 19.1 Å². The molecule has 4 nitrogen and oxygen atoms in total. The molecule has 0 spiro atoms. The molecule has 0 aliphatic heterocycles. The van der Waals surface area contributed by atoms with Crippen molar-refractivity contribution in [2.45, 2.75) is 25.9 Å². The summed E-state index contributed by atoms with van der Waals surface area (Å²) in [4.78, 5) is 23.6. The Hall–Kier alpha value is -2.10. The SMILES string of the molecule is CCOC1=CC(=O)C(OC(C)=O)(c2ccccc2)C1. The van der Waals surface area contributed by atoms with E-state index in [0.29, 0.717) is 17.9 Å². The molecular formula is C15H16O4. The Morgan fingerprint density at radius 2 is 2.00 bits per heavy atom. The minimum atomic E-state index is -1.27. The van der Waals surface area contributed by atoms with Crippen LogP contribution in [0.4, 0.5) is 0 Å². The van der Waals surface area contributed by atoms with Gasteiger partial charge in [0.05, 0.1) is 13.0 Å². The highest BCUT2D eigenvalue weighted by atomic mass is 16.6. The fraction of sp³-hybridized carbons (Fsp3) is 0.333. The Morgan fingerprint density at radius 1 is 1.32 bits per heavy atom. The molecule has 1 unspecified atom stereocenters. The van der Waals surface area contributed by atoms with E-state index >= 15 is 0 Å². The number of carbonyl (C=O) groups is 2. The third kappa shape index (κ3) is 2.52. The van der Waals surface area contributed by atoms with Gasteiger partial charge < -0.3 is 9.47 Å². The van der Waals surface area contributed by atoms with Gasteiger partial charge in [0.2, 0.25) is 11.4 Å². The number of rotatable bonds is 4. The van der Waals surface area contributed by atoms with Crippen molar-refractivity contribution in [2.75, 3.05) is 6.61 Å². The van der Waals surface area contributed by atoms with Crippen LogP contribution in [-0.2, 0) is 24.7 Å². The van der Waals surface area contributed by atoms with Gasteiger partial charge in [-0.15, -0.1) is 0 Å². The van der Waals surface area contributed by atoms with E-state index in [1.54, 1.807) is 12.1 Å². The van der Waals surface area contributed by atoms with E-state index in [1.165, 1.54) is 13.0 Å². The number of ketones is 1. The lowest BCUT2D eigenvalue weighted by Gasteiger charge is -2.27. The zero-order chi connectivity index (χ0) is 13.9. The first-order valence-corrected chi connectivity index (χ1v) is 6.21. The highest BCUT2D eigenvalue weighted by Crippen LogP contribution is 2.39. The summed E-state index contributed by atoms with van der Waals surface area (Å²) in [7, 11) is 0. The zero-order valence-corrected chi connectivity index (χ0v) is 11.0. The molecule has 0 saturated heterocycles. The maximum atomic E-state index is 12.3. The van der Waals surface area contributed by atoms with Crippen LogP contribution in [0.5, 0.6) is 0 Å². The molecule has 4 heteroatoms. The molecule has 0 fully saturated rings. The molecule has 0 amide bonds. The van der Waals surface area contributed by atoms with E-state index in [1.807, 2.05) is 25.1 Å². The van der Waals surface area contributed by atoms with Crippen molar-refractivity contribution in [1.82, 2.24) is 0 Å². The standard InChI is InChI=1S/C15H16O4/c1-3-18-13-9-14(17)15(10-13,19-11(2)16)12-7-5-4-6-8-12/h4-9H,3,10H2,1-2H3. The third-order valence-electron chi connectivity index (χ3n) is 3.00. The third-order valence-corrected chi connectivity index (χ3v) is 3.00. The summed E-state index contributed by atoms with van der Waals surface area (Å²) in [6.45, 7) is 3.63. The Bertz CT molecular complexity index is 518. The zero-order valence-electron chi connectivity index (χ0n) is 11.0. The molecule has 0 N–H and O–H groups in total. The fourth-order valence-electron chi connectivity index (χ4n) is 2.27. The first-order valence-electron chi connectivity index (χ1n) is 6.21. The lowest BCUT2D eigenvalue weighted by molar-refractivity contribution is -0.164. The van der Waals surface area contributed by atoms with E-state index in [0.717, 1.165) is 0 Å². The van der Waals surface area contributed by atoms with Crippen LogP contribution in [0, 0.1) is 0 Å². The van der Waals surface area contributed by atoms with Crippen molar-refractivity contribution in [3.63, 3.8) is 0 Å². The van der Waals surface area contributed by atoms with Crippen LogP contribution in [0.25, 0.3) is 0 Å². The van der Waals surface area contributed by atoms with Gasteiger partial charge in [-0.25, -0.2) is 0 Å². The van der Waals surface area contributed by atoms with Crippen molar-refractivity contribution in [2.24, 2.45) is 0 Å². The van der Waals surface area contributed by atoms with Gasteiger partial charge in [0.15, 0.2) is 0 Å². The van der Waals surface area contributed by atoms with Crippen LogP contribution in [0.3, 0.4) is 0 Å². The number of benzene rings is 1. The number of ether oxygens (including phenoxy) is 2. The van der Waals surface area contributed by atoms with Gasteiger partial charge in [0, 0.05) is 18.6 Å². The molecule has 2 rings (SSSR count). The van der Waals surface area contributed by atoms with E-state index in [4.69, 9.17) is 9.47 Å². The van der Waals surface area contributed by atoms with Crippen molar-refractivity contribution in [3.8, 4) is 0 Å². The summed E-state index contributed by atoms with van der Waals surface area (Å²) in [6.07, 6.45) is 1.67. The quantitative estimate of drug-likeness (QED) is 0.780. The second-order valence-electron chi connectivity index (χ2n) is 4.37. The highest BCUT2D eigenvalue weighted by Gasteiger charge is 2.47. The van der Waals surface area contributed by atoms with E-state index in [-0.39, 0.29) is 12.2 Å². The molecule has 1 aliphatic carbocycles. The molecule has 19 heavy (non-hydrogen) atoms. The first kappa shape index (κ1) is 13.3. The molecule has 100 valence electrons. The predicted octanol–water partition coefficient (Wildman–Crippen LogP) is 2.34. The van der Waals surface area contributed by atoms with Crippen molar-refractivity contribution in [3.05, 3.63) is 47.7 Å². The smallest absolute Gasteiger partial charge is 0.303 e. The van der Waals surface area contributed by atoms with Gasteiger partial charge in [-0.1, -0.05) is 30.3 Å². The summed E-state index contributed by atoms with van der Waals surface area (Å²) >= 11 is 0. The minimum absolute atomic E-state index is 0.252. The molecular weight excluding hydrogens is 244 g/mol. The topological polar surface area (TPSA) is 52.6 Å². The maximum Gasteiger partial charge on any atom is 0.303 e. The van der Waals surface area contributed by atoms with Crippen LogP contribution in [0.1, 0.15) is 25.8 Å². The molecule has 0 aromatic heterocycles. The average Bonchev–Trinajstić information content (AvgIpc) is 2.68. The Morgan fingerprint density at radius 3 is 2.58 bits per heavy atom. The molecule has 1 aromatic carbocycles. The number of esters is 1. The lowest BCUT2D eigenvalue weighted by atomic mass is 9.90. The first-order chi connectivity index (χ1) is 9.08. The Kier molecular flexibility index (Phi) is 3.69. The number of hydrogen-bond acceptors (Lipinski definition) is 4. The van der Waals surface area contributed by atoms with Crippen LogP contribution < -0.4 is 0 Å². The predicted molar refractivity (Wildman–Crippen MR) is 69.2 cm³/mol. The van der Waals surface area contributed by atoms with Gasteiger partial charge in [0.25, 0.3) is 0 Å². The molecule has 1 aromatic rings. The maximum absolute atomic E-state index is 12.3. The largest absolute Gasteiger partial charge is 0.498 e. The van der Waals surface area contributed by atoms with Crippen LogP contribution in [0.15, 0.2) is 42.2 Å². The second-order valence-corrected chi connectivity index (χ2v) is 4.37. The van der Waals surface area contributed by atoms with Gasteiger partial charge in [-0.3, -0.25) is 9.59 Å². The summed E-state index contributed by atoms with van der Waals surface area (Å²) in [5.41, 5.74) is -0.599. The summed E-state index contributed by atoms with van der Waals surface area (Å²) in [6, 6.07) is 9.04. The van der Waals surface area contributed by atoms with Gasteiger partial charge in [0.1, 0.15) is 5.76 Å². The lowest BCUT2D eigenvalue weighted by Crippen LogP contribution is -2.36. The number of carbonyl (C=O) groups excluding carboxylic acids is 2. The normalized spacial score (nSPS) is 22.0. The molecule has 1 aliphatic rings. The molecule has 0 heterocycles. The van der Waals surface area contributed by atoms with Crippen LogP contribution in [-0.4, -0.2) is 18.4 Å². The Balaban J connectivity index is 2.39. The van der Waals surface area contributed by atoms with E-state index in [2.05, 4.69) is 0 Å². The summed E-state index contributed by atoms with van der Waals surface area (Å²) in [5, 5.41) is 0. The van der Waals surface area contributed by atoms with Gasteiger partial charge in [-0.05, 0) is 6.92 Å². The monoisotopic (exact) mass is 260 g/mol. The molecule has 1 atom stereocenters. The number of hydrogen-bond donors (Lipinski definition) is 0. The molecule has 0 saturated carbocycles. The molecule has 0 bridgehead atoms. The van der Waals surface area contributed by atoms with Gasteiger partial charge in [-0.2, -0.15) is 0 Å². The van der Waals surface area contributed by atoms with Crippen LogP contribution in [0.2, 0.25) is 0 Å². The highest BCUT2D eigenvalue weighted by molar-refractivity contribution is 6.02. The second kappa shape index (κ2) is 5.26. The molecule has 0 radical (unpaired) electrons.